The Labute approximate surface area is 134 Å². The van der Waals surface area contributed by atoms with Crippen LogP contribution >= 0.6 is 17.0 Å². The van der Waals surface area contributed by atoms with Gasteiger partial charge in [-0.3, -0.25) is 4.79 Å². The Morgan fingerprint density at radius 1 is 1.48 bits per heavy atom. The first kappa shape index (κ1) is 16.0. The van der Waals surface area contributed by atoms with Crippen molar-refractivity contribution in [3.05, 3.63) is 30.0 Å². The number of piperidine rings is 1. The van der Waals surface area contributed by atoms with E-state index >= 15 is 0 Å². The Morgan fingerprint density at radius 2 is 2.29 bits per heavy atom. The summed E-state index contributed by atoms with van der Waals surface area (Å²) >= 11 is 0. The van der Waals surface area contributed by atoms with Crippen molar-refractivity contribution in [3.63, 3.8) is 0 Å². The van der Waals surface area contributed by atoms with Crippen molar-refractivity contribution in [2.45, 2.75) is 25.4 Å². The van der Waals surface area contributed by atoms with Crippen LogP contribution in [0, 0.1) is 0 Å². The average molecular weight is 355 g/mol. The summed E-state index contributed by atoms with van der Waals surface area (Å²) in [5.74, 6) is -0.232. The molecule has 1 atom stereocenters. The summed E-state index contributed by atoms with van der Waals surface area (Å²) in [6, 6.07) is 7.54. The number of nitrogens with zero attached hydrogens (tertiary/aromatic N) is 2. The number of likely N-dealkylation sites (tertiary alicyclic amines) is 1. The SMILES string of the molecule is Br.CN1CCCC(OC(=O)Cc2noc3ccccc23)C1. The van der Waals surface area contributed by atoms with Gasteiger partial charge >= 0.3 is 5.97 Å². The second-order valence-corrected chi connectivity index (χ2v) is 5.32. The lowest BCUT2D eigenvalue weighted by Gasteiger charge is -2.29. The molecule has 0 spiro atoms. The molecule has 1 aromatic heterocycles. The van der Waals surface area contributed by atoms with E-state index in [0.29, 0.717) is 11.3 Å². The van der Waals surface area contributed by atoms with Gasteiger partial charge in [-0.2, -0.15) is 0 Å². The number of ether oxygens (including phenoxy) is 1. The topological polar surface area (TPSA) is 55.6 Å². The van der Waals surface area contributed by atoms with E-state index in [1.807, 2.05) is 31.3 Å². The number of benzene rings is 1. The normalized spacial score (nSPS) is 19.2. The highest BCUT2D eigenvalue weighted by atomic mass is 79.9. The molecule has 2 aromatic rings. The second kappa shape index (κ2) is 7.04. The molecule has 1 aliphatic rings. The number of aromatic nitrogens is 1. The summed E-state index contributed by atoms with van der Waals surface area (Å²) < 4.78 is 10.7. The van der Waals surface area contributed by atoms with Crippen LogP contribution in [0.4, 0.5) is 0 Å². The van der Waals surface area contributed by atoms with Gasteiger partial charge in [0.1, 0.15) is 11.8 Å². The molecule has 6 heteroatoms. The van der Waals surface area contributed by atoms with Gasteiger partial charge in [-0.1, -0.05) is 17.3 Å². The summed E-state index contributed by atoms with van der Waals surface area (Å²) in [6.07, 6.45) is 2.17. The van der Waals surface area contributed by atoms with E-state index < -0.39 is 0 Å². The summed E-state index contributed by atoms with van der Waals surface area (Å²) in [4.78, 5) is 14.2. The molecule has 1 fully saturated rings. The lowest BCUT2D eigenvalue weighted by Crippen LogP contribution is -2.38. The van der Waals surface area contributed by atoms with Crippen LogP contribution in [-0.4, -0.2) is 42.3 Å². The smallest absolute Gasteiger partial charge is 0.312 e. The fourth-order valence-electron chi connectivity index (χ4n) is 2.65. The second-order valence-electron chi connectivity index (χ2n) is 5.32. The largest absolute Gasteiger partial charge is 0.461 e. The number of likely N-dealkylation sites (N-methyl/N-ethyl adjacent to an activating group) is 1. The van der Waals surface area contributed by atoms with E-state index in [2.05, 4.69) is 10.1 Å². The third kappa shape index (κ3) is 3.83. The number of fused-ring (bicyclic) bond motifs is 1. The van der Waals surface area contributed by atoms with Crippen molar-refractivity contribution in [3.8, 4) is 0 Å². The van der Waals surface area contributed by atoms with Crippen molar-refractivity contribution in [1.82, 2.24) is 10.1 Å². The Bertz CT molecular complexity index is 614. The van der Waals surface area contributed by atoms with Gasteiger partial charge in [-0.05, 0) is 38.6 Å². The van der Waals surface area contributed by atoms with Crippen molar-refractivity contribution in [2.24, 2.45) is 0 Å². The minimum Gasteiger partial charge on any atom is -0.461 e. The standard InChI is InChI=1S/C15H18N2O3.BrH/c1-17-8-4-5-11(10-17)19-15(18)9-13-12-6-2-3-7-14(12)20-16-13;/h2-3,6-7,11H,4-5,8-10H2,1H3;1H. The number of carbonyl (C=O) groups is 1. The van der Waals surface area contributed by atoms with Gasteiger partial charge in [-0.15, -0.1) is 17.0 Å². The molecule has 0 saturated carbocycles. The van der Waals surface area contributed by atoms with Gasteiger partial charge in [-0.25, -0.2) is 0 Å². The predicted molar refractivity (Wildman–Crippen MR) is 84.6 cm³/mol. The van der Waals surface area contributed by atoms with Crippen LogP contribution in [-0.2, 0) is 16.0 Å². The molecule has 1 aliphatic heterocycles. The fraction of sp³-hybridized carbons (Fsp3) is 0.467. The Morgan fingerprint density at radius 3 is 3.10 bits per heavy atom. The zero-order chi connectivity index (χ0) is 13.9. The summed E-state index contributed by atoms with van der Waals surface area (Å²) in [7, 11) is 2.05. The Balaban J connectivity index is 0.00000161. The van der Waals surface area contributed by atoms with E-state index in [1.54, 1.807) is 0 Å². The highest BCUT2D eigenvalue weighted by Gasteiger charge is 2.22. The van der Waals surface area contributed by atoms with Gasteiger partial charge in [0.2, 0.25) is 0 Å². The lowest BCUT2D eigenvalue weighted by atomic mass is 10.1. The average Bonchev–Trinajstić information content (AvgIpc) is 2.82. The van der Waals surface area contributed by atoms with Gasteiger partial charge in [0.15, 0.2) is 5.58 Å². The maximum atomic E-state index is 12.0. The monoisotopic (exact) mass is 354 g/mol. The molecular weight excluding hydrogens is 336 g/mol. The number of hydrogen-bond acceptors (Lipinski definition) is 5. The van der Waals surface area contributed by atoms with E-state index in [0.717, 1.165) is 31.3 Å². The third-order valence-electron chi connectivity index (χ3n) is 3.64. The van der Waals surface area contributed by atoms with E-state index in [9.17, 15) is 4.79 Å². The van der Waals surface area contributed by atoms with Crippen molar-refractivity contribution >= 4 is 33.9 Å². The number of rotatable bonds is 3. The van der Waals surface area contributed by atoms with Crippen LogP contribution in [0.3, 0.4) is 0 Å². The van der Waals surface area contributed by atoms with Gasteiger partial charge in [0, 0.05) is 11.9 Å². The Kier molecular flexibility index (Phi) is 5.36. The predicted octanol–water partition coefficient (Wildman–Crippen LogP) is 2.59. The highest BCUT2D eigenvalue weighted by molar-refractivity contribution is 8.93. The Hall–Kier alpha value is -1.40. The van der Waals surface area contributed by atoms with Crippen molar-refractivity contribution in [2.75, 3.05) is 20.1 Å². The maximum absolute atomic E-state index is 12.0. The van der Waals surface area contributed by atoms with Crippen LogP contribution in [0.2, 0.25) is 0 Å². The van der Waals surface area contributed by atoms with E-state index in [4.69, 9.17) is 9.26 Å². The fourth-order valence-corrected chi connectivity index (χ4v) is 2.65. The highest BCUT2D eigenvalue weighted by Crippen LogP contribution is 2.19. The first-order valence-corrected chi connectivity index (χ1v) is 6.93. The van der Waals surface area contributed by atoms with Gasteiger partial charge < -0.3 is 14.2 Å². The zero-order valence-electron chi connectivity index (χ0n) is 11.9. The quantitative estimate of drug-likeness (QED) is 0.793. The molecule has 5 nitrogen and oxygen atoms in total. The van der Waals surface area contributed by atoms with Crippen LogP contribution in [0.1, 0.15) is 18.5 Å². The summed E-state index contributed by atoms with van der Waals surface area (Å²) in [5, 5.41) is 4.84. The number of carbonyl (C=O) groups excluding carboxylic acids is 1. The molecule has 1 unspecified atom stereocenters. The molecule has 2 heterocycles. The minimum atomic E-state index is -0.232. The van der Waals surface area contributed by atoms with Gasteiger partial charge in [0.25, 0.3) is 0 Å². The molecule has 0 amide bonds. The minimum absolute atomic E-state index is 0. The number of hydrogen-bond donors (Lipinski definition) is 0. The zero-order valence-corrected chi connectivity index (χ0v) is 13.7. The molecule has 0 aliphatic carbocycles. The first-order chi connectivity index (χ1) is 9.72. The van der Waals surface area contributed by atoms with Crippen LogP contribution in [0.5, 0.6) is 0 Å². The van der Waals surface area contributed by atoms with Crippen molar-refractivity contribution < 1.29 is 14.1 Å². The molecule has 0 radical (unpaired) electrons. The third-order valence-corrected chi connectivity index (χ3v) is 3.64. The summed E-state index contributed by atoms with van der Waals surface area (Å²) in [5.41, 5.74) is 1.35. The molecule has 3 rings (SSSR count). The molecular formula is C15H19BrN2O3. The maximum Gasteiger partial charge on any atom is 0.312 e. The molecule has 114 valence electrons. The van der Waals surface area contributed by atoms with Crippen LogP contribution in [0.15, 0.2) is 28.8 Å². The number of halogens is 1. The van der Waals surface area contributed by atoms with E-state index in [-0.39, 0.29) is 35.5 Å². The molecule has 0 N–H and O–H groups in total. The summed E-state index contributed by atoms with van der Waals surface area (Å²) in [6.45, 7) is 1.88. The molecule has 0 bridgehead atoms. The first-order valence-electron chi connectivity index (χ1n) is 6.93. The molecule has 1 aromatic carbocycles. The number of para-hydroxylation sites is 1. The molecule has 21 heavy (non-hydrogen) atoms. The number of esters is 1. The van der Waals surface area contributed by atoms with Gasteiger partial charge in [0.05, 0.1) is 6.42 Å². The van der Waals surface area contributed by atoms with Crippen LogP contribution < -0.4 is 0 Å². The lowest BCUT2D eigenvalue weighted by molar-refractivity contribution is -0.150. The van der Waals surface area contributed by atoms with Crippen molar-refractivity contribution in [1.29, 1.82) is 0 Å². The van der Waals surface area contributed by atoms with Crippen LogP contribution in [0.25, 0.3) is 11.0 Å². The molecule has 1 saturated heterocycles. The van der Waals surface area contributed by atoms with E-state index in [1.165, 1.54) is 0 Å².